The van der Waals surface area contributed by atoms with Crippen molar-refractivity contribution in [2.45, 2.75) is 0 Å². The maximum atomic E-state index is 6.03. The fourth-order valence-corrected chi connectivity index (χ4v) is 2.07. The number of methoxy groups -OCH3 is 2. The zero-order valence-corrected chi connectivity index (χ0v) is 11.6. The molecule has 2 rings (SSSR count). The maximum Gasteiger partial charge on any atom is 0.161 e. The first-order chi connectivity index (χ1) is 8.56. The summed E-state index contributed by atoms with van der Waals surface area (Å²) in [6, 6.07) is 5.62. The summed E-state index contributed by atoms with van der Waals surface area (Å²) in [6.45, 7) is 0. The van der Waals surface area contributed by atoms with E-state index in [4.69, 9.17) is 21.1 Å². The number of pyridine rings is 1. The van der Waals surface area contributed by atoms with Gasteiger partial charge in [-0.05, 0) is 23.6 Å². The second kappa shape index (κ2) is 4.90. The number of benzene rings is 1. The van der Waals surface area contributed by atoms with Crippen molar-refractivity contribution in [2.24, 2.45) is 0 Å². The van der Waals surface area contributed by atoms with Gasteiger partial charge in [0.1, 0.15) is 11.0 Å². The zero-order valence-electron chi connectivity index (χ0n) is 10.8. The van der Waals surface area contributed by atoms with Gasteiger partial charge < -0.3 is 14.4 Å². The highest BCUT2D eigenvalue weighted by Crippen LogP contribution is 2.36. The highest BCUT2D eigenvalue weighted by Gasteiger charge is 2.12. The summed E-state index contributed by atoms with van der Waals surface area (Å²) in [5, 5.41) is 2.40. The molecule has 0 spiro atoms. The SMILES string of the molecule is COc1cc2cc(Cl)nc(N(C)C)c2cc1OC. The van der Waals surface area contributed by atoms with E-state index in [-0.39, 0.29) is 0 Å². The number of halogens is 1. The molecule has 1 heterocycles. The van der Waals surface area contributed by atoms with Gasteiger partial charge in [-0.15, -0.1) is 0 Å². The van der Waals surface area contributed by atoms with Gasteiger partial charge in [-0.3, -0.25) is 0 Å². The van der Waals surface area contributed by atoms with Crippen molar-refractivity contribution in [1.29, 1.82) is 0 Å². The molecular formula is C13H15ClN2O2. The molecule has 0 unspecified atom stereocenters. The Morgan fingerprint density at radius 3 is 2.22 bits per heavy atom. The molecule has 0 N–H and O–H groups in total. The molecule has 5 heteroatoms. The Kier molecular flexibility index (Phi) is 3.48. The number of anilines is 1. The molecule has 0 fully saturated rings. The van der Waals surface area contributed by atoms with Gasteiger partial charge in [-0.1, -0.05) is 11.6 Å². The van der Waals surface area contributed by atoms with Crippen molar-refractivity contribution >= 4 is 28.2 Å². The van der Waals surface area contributed by atoms with Crippen LogP contribution in [0.4, 0.5) is 5.82 Å². The molecule has 0 saturated carbocycles. The van der Waals surface area contributed by atoms with E-state index in [1.54, 1.807) is 14.2 Å². The van der Waals surface area contributed by atoms with Crippen LogP contribution in [0.5, 0.6) is 11.5 Å². The van der Waals surface area contributed by atoms with Crippen LogP contribution in [0.25, 0.3) is 10.8 Å². The third kappa shape index (κ3) is 2.16. The van der Waals surface area contributed by atoms with Gasteiger partial charge in [0.15, 0.2) is 11.5 Å². The Hall–Kier alpha value is -1.68. The van der Waals surface area contributed by atoms with Crippen LogP contribution in [0.3, 0.4) is 0 Å². The summed E-state index contributed by atoms with van der Waals surface area (Å²) in [6.07, 6.45) is 0. The zero-order chi connectivity index (χ0) is 13.3. The normalized spacial score (nSPS) is 10.5. The van der Waals surface area contributed by atoms with Crippen LogP contribution < -0.4 is 14.4 Å². The summed E-state index contributed by atoms with van der Waals surface area (Å²) in [5.74, 6) is 2.16. The molecule has 0 saturated heterocycles. The Morgan fingerprint density at radius 1 is 1.06 bits per heavy atom. The Morgan fingerprint density at radius 2 is 1.67 bits per heavy atom. The first-order valence-corrected chi connectivity index (χ1v) is 5.84. The molecule has 0 aliphatic heterocycles. The lowest BCUT2D eigenvalue weighted by Gasteiger charge is -2.16. The lowest BCUT2D eigenvalue weighted by atomic mass is 10.1. The third-order valence-corrected chi connectivity index (χ3v) is 2.90. The monoisotopic (exact) mass is 266 g/mol. The summed E-state index contributed by atoms with van der Waals surface area (Å²) in [5.41, 5.74) is 0. The first-order valence-electron chi connectivity index (χ1n) is 5.46. The van der Waals surface area contributed by atoms with Crippen LogP contribution >= 0.6 is 11.6 Å². The number of nitrogens with zero attached hydrogens (tertiary/aromatic N) is 2. The van der Waals surface area contributed by atoms with E-state index in [0.29, 0.717) is 16.7 Å². The fourth-order valence-electron chi connectivity index (χ4n) is 1.87. The molecule has 0 aliphatic rings. The molecule has 0 amide bonds. The van der Waals surface area contributed by atoms with Crippen molar-refractivity contribution in [2.75, 3.05) is 33.2 Å². The predicted octanol–water partition coefficient (Wildman–Crippen LogP) is 2.97. The average Bonchev–Trinajstić information content (AvgIpc) is 2.35. The molecule has 1 aromatic carbocycles. The molecule has 96 valence electrons. The molecule has 2 aromatic rings. The van der Waals surface area contributed by atoms with Gasteiger partial charge in [0.2, 0.25) is 0 Å². The van der Waals surface area contributed by atoms with Gasteiger partial charge in [0, 0.05) is 19.5 Å². The standard InChI is InChI=1S/C13H15ClN2O2/c1-16(2)13-9-7-11(18-4)10(17-3)5-8(9)6-12(14)15-13/h5-7H,1-4H3. The molecule has 4 nitrogen and oxygen atoms in total. The highest BCUT2D eigenvalue weighted by molar-refractivity contribution is 6.30. The molecule has 0 bridgehead atoms. The minimum absolute atomic E-state index is 0.457. The summed E-state index contributed by atoms with van der Waals surface area (Å²) in [4.78, 5) is 6.24. The lowest BCUT2D eigenvalue weighted by Crippen LogP contribution is -2.11. The van der Waals surface area contributed by atoms with Crippen molar-refractivity contribution in [3.05, 3.63) is 23.4 Å². The third-order valence-electron chi connectivity index (χ3n) is 2.71. The molecular weight excluding hydrogens is 252 g/mol. The van der Waals surface area contributed by atoms with Gasteiger partial charge in [0.25, 0.3) is 0 Å². The topological polar surface area (TPSA) is 34.6 Å². The smallest absolute Gasteiger partial charge is 0.161 e. The van der Waals surface area contributed by atoms with Crippen LogP contribution in [-0.2, 0) is 0 Å². The van der Waals surface area contributed by atoms with Crippen molar-refractivity contribution in [3.8, 4) is 11.5 Å². The average molecular weight is 267 g/mol. The Labute approximate surface area is 111 Å². The number of fused-ring (bicyclic) bond motifs is 1. The van der Waals surface area contributed by atoms with Crippen molar-refractivity contribution < 1.29 is 9.47 Å². The van der Waals surface area contributed by atoms with E-state index in [2.05, 4.69) is 4.98 Å². The molecule has 18 heavy (non-hydrogen) atoms. The second-order valence-corrected chi connectivity index (χ2v) is 4.48. The van der Waals surface area contributed by atoms with Crippen molar-refractivity contribution in [1.82, 2.24) is 4.98 Å². The van der Waals surface area contributed by atoms with E-state index in [1.807, 2.05) is 37.2 Å². The van der Waals surface area contributed by atoms with Gasteiger partial charge >= 0.3 is 0 Å². The number of hydrogen-bond acceptors (Lipinski definition) is 4. The fraction of sp³-hybridized carbons (Fsp3) is 0.308. The van der Waals surface area contributed by atoms with Gasteiger partial charge in [0.05, 0.1) is 14.2 Å². The number of rotatable bonds is 3. The molecule has 0 radical (unpaired) electrons. The van der Waals surface area contributed by atoms with E-state index in [1.165, 1.54) is 0 Å². The van der Waals surface area contributed by atoms with Crippen LogP contribution in [-0.4, -0.2) is 33.3 Å². The van der Waals surface area contributed by atoms with E-state index >= 15 is 0 Å². The van der Waals surface area contributed by atoms with E-state index in [9.17, 15) is 0 Å². The Bertz CT molecular complexity index is 585. The molecule has 1 aromatic heterocycles. The number of hydrogen-bond donors (Lipinski definition) is 0. The second-order valence-electron chi connectivity index (χ2n) is 4.09. The van der Waals surface area contributed by atoms with Gasteiger partial charge in [-0.2, -0.15) is 0 Å². The van der Waals surface area contributed by atoms with Crippen LogP contribution in [0.2, 0.25) is 5.15 Å². The molecule has 0 aliphatic carbocycles. The largest absolute Gasteiger partial charge is 0.493 e. The summed E-state index contributed by atoms with van der Waals surface area (Å²) >= 11 is 6.03. The maximum absolute atomic E-state index is 6.03. The van der Waals surface area contributed by atoms with Crippen LogP contribution in [0.1, 0.15) is 0 Å². The highest BCUT2D eigenvalue weighted by atomic mass is 35.5. The quantitative estimate of drug-likeness (QED) is 0.800. The van der Waals surface area contributed by atoms with E-state index < -0.39 is 0 Å². The van der Waals surface area contributed by atoms with Crippen LogP contribution in [0, 0.1) is 0 Å². The minimum atomic E-state index is 0.457. The minimum Gasteiger partial charge on any atom is -0.493 e. The number of aromatic nitrogens is 1. The van der Waals surface area contributed by atoms with Crippen LogP contribution in [0.15, 0.2) is 18.2 Å². The van der Waals surface area contributed by atoms with Crippen molar-refractivity contribution in [3.63, 3.8) is 0 Å². The van der Waals surface area contributed by atoms with Gasteiger partial charge in [-0.25, -0.2) is 4.98 Å². The number of ether oxygens (including phenoxy) is 2. The summed E-state index contributed by atoms with van der Waals surface area (Å²) < 4.78 is 10.6. The first kappa shape index (κ1) is 12.8. The lowest BCUT2D eigenvalue weighted by molar-refractivity contribution is 0.356. The van der Waals surface area contributed by atoms with E-state index in [0.717, 1.165) is 16.6 Å². The summed E-state index contributed by atoms with van der Waals surface area (Å²) in [7, 11) is 7.07. The predicted molar refractivity (Wildman–Crippen MR) is 74.2 cm³/mol. The molecule has 0 atom stereocenters. The Balaban J connectivity index is 2.79.